The third-order valence-corrected chi connectivity index (χ3v) is 13.8. The van der Waals surface area contributed by atoms with Gasteiger partial charge in [-0.15, -0.1) is 11.3 Å². The lowest BCUT2D eigenvalue weighted by Crippen LogP contribution is -2.58. The molecule has 4 heterocycles. The van der Waals surface area contributed by atoms with Crippen molar-refractivity contribution in [2.75, 3.05) is 49.4 Å². The molecule has 2 aromatic carbocycles. The first-order valence-electron chi connectivity index (χ1n) is 23.9. The van der Waals surface area contributed by atoms with Crippen molar-refractivity contribution in [2.45, 2.75) is 110 Å². The number of halogens is 4. The first-order chi connectivity index (χ1) is 35.0. The van der Waals surface area contributed by atoms with Crippen molar-refractivity contribution < 1.29 is 55.7 Å². The normalized spacial score (nSPS) is 16.1. The number of primary amides is 1. The average Bonchev–Trinajstić information content (AvgIpc) is 4.06. The molecule has 2 saturated heterocycles. The number of rotatable bonds is 22. The smallest absolute Gasteiger partial charge is 0.420 e. The molecule has 74 heavy (non-hydrogen) atoms. The number of aryl methyl sites for hydroxylation is 1. The lowest BCUT2D eigenvalue weighted by molar-refractivity contribution is -0.144. The fraction of sp³-hybridized carbons (Fsp3) is 0.471. The molecule has 5 amide bonds. The van der Waals surface area contributed by atoms with Crippen molar-refractivity contribution >= 4 is 69.6 Å². The number of anilines is 2. The number of thiocarbonyl (C=S) groups is 1. The zero-order valence-electron chi connectivity index (χ0n) is 41.9. The maximum Gasteiger partial charge on any atom is 0.420 e. The van der Waals surface area contributed by atoms with Gasteiger partial charge in [-0.25, -0.2) is 14.4 Å². The predicted octanol–water partition coefficient (Wildman–Crippen LogP) is 7.37. The maximum atomic E-state index is 15.5. The Morgan fingerprint density at radius 3 is 2.34 bits per heavy atom. The number of aromatic nitrogens is 2. The third-order valence-electron chi connectivity index (χ3n) is 12.5. The van der Waals surface area contributed by atoms with Crippen LogP contribution in [0.4, 0.5) is 28.9 Å². The second-order valence-electron chi connectivity index (χ2n) is 19.3. The van der Waals surface area contributed by atoms with Crippen LogP contribution in [0.5, 0.6) is 5.88 Å². The number of nitrogens with two attached hydrogens (primary N) is 1. The zero-order chi connectivity index (χ0) is 54.1. The van der Waals surface area contributed by atoms with E-state index >= 15 is 4.39 Å². The van der Waals surface area contributed by atoms with Gasteiger partial charge in [0, 0.05) is 32.9 Å². The fourth-order valence-electron chi connectivity index (χ4n) is 8.57. The summed E-state index contributed by atoms with van der Waals surface area (Å²) in [6, 6.07) is 10.6. The Balaban J connectivity index is 0.885. The van der Waals surface area contributed by atoms with Gasteiger partial charge in [0.15, 0.2) is 10.9 Å². The monoisotopic (exact) mass is 1070 g/mol. The van der Waals surface area contributed by atoms with Gasteiger partial charge in [0.05, 0.1) is 51.9 Å². The molecule has 23 heteroatoms. The van der Waals surface area contributed by atoms with Crippen molar-refractivity contribution in [3.63, 3.8) is 0 Å². The molecular weight excluding hydrogens is 1010 g/mol. The molecule has 2 fully saturated rings. The van der Waals surface area contributed by atoms with E-state index in [2.05, 4.69) is 20.6 Å². The minimum Gasteiger partial charge on any atom is -0.477 e. The Labute approximate surface area is 435 Å². The van der Waals surface area contributed by atoms with Crippen molar-refractivity contribution in [2.24, 2.45) is 11.1 Å². The number of ether oxygens (including phenoxy) is 3. The second kappa shape index (κ2) is 24.2. The highest BCUT2D eigenvalue weighted by Gasteiger charge is 2.52. The molecule has 2 atom stereocenters. The zero-order valence-corrected chi connectivity index (χ0v) is 43.5. The molecule has 1 unspecified atom stereocenters. The van der Waals surface area contributed by atoms with Gasteiger partial charge in [0.2, 0.25) is 23.6 Å². The number of nitrogens with zero attached hydrogens (tertiary/aromatic N) is 6. The van der Waals surface area contributed by atoms with Crippen LogP contribution in [0, 0.1) is 29.5 Å². The highest BCUT2D eigenvalue weighted by Crippen LogP contribution is 2.42. The highest BCUT2D eigenvalue weighted by atomic mass is 32.1. The summed E-state index contributed by atoms with van der Waals surface area (Å²) in [7, 11) is 0. The maximum absolute atomic E-state index is 15.5. The molecule has 0 aliphatic carbocycles. The average molecular weight is 1070 g/mol. The van der Waals surface area contributed by atoms with Crippen LogP contribution in [0.3, 0.4) is 0 Å². The molecule has 0 radical (unpaired) electrons. The van der Waals surface area contributed by atoms with E-state index in [1.165, 1.54) is 37.1 Å². The Morgan fingerprint density at radius 1 is 1.00 bits per heavy atom. The summed E-state index contributed by atoms with van der Waals surface area (Å²) < 4.78 is 73.9. The number of carbonyl (C=O) groups is 5. The molecule has 4 N–H and O–H groups in total. The molecule has 396 valence electrons. The van der Waals surface area contributed by atoms with Crippen molar-refractivity contribution in [3.05, 3.63) is 87.9 Å². The lowest BCUT2D eigenvalue weighted by atomic mass is 9.85. The summed E-state index contributed by atoms with van der Waals surface area (Å²) in [6.45, 7) is 11.9. The van der Waals surface area contributed by atoms with Crippen LogP contribution in [-0.2, 0) is 41.4 Å². The molecule has 0 spiro atoms. The van der Waals surface area contributed by atoms with Crippen LogP contribution in [0.15, 0.2) is 54.2 Å². The van der Waals surface area contributed by atoms with Crippen molar-refractivity contribution in [1.82, 2.24) is 25.5 Å². The molecule has 0 bridgehead atoms. The molecule has 2 aliphatic rings. The van der Waals surface area contributed by atoms with Gasteiger partial charge in [-0.1, -0.05) is 45.0 Å². The van der Waals surface area contributed by atoms with E-state index in [-0.39, 0.29) is 48.8 Å². The van der Waals surface area contributed by atoms with E-state index in [0.29, 0.717) is 69.7 Å². The van der Waals surface area contributed by atoms with Gasteiger partial charge in [-0.05, 0) is 106 Å². The Bertz CT molecular complexity index is 2780. The number of nitriles is 1. The SMILES string of the molecule is Cc1ncsc1-c1ccc(CNC(=O)[C@@H]2CCCN2C(=O)C(NC(=O)COCCCOCCCCCOc2ncc(N3C(=S)N(c4ccc(C#N)c(C(F)(F)F)c4F)C(=O)C3(C)C)cc2C(N)=O)C(C)(C)C)cc1. The van der Waals surface area contributed by atoms with Crippen LogP contribution in [0.25, 0.3) is 10.4 Å². The third kappa shape index (κ3) is 13.2. The van der Waals surface area contributed by atoms with E-state index in [0.717, 1.165) is 33.8 Å². The number of thiazole rings is 1. The Kier molecular flexibility index (Phi) is 18.5. The van der Waals surface area contributed by atoms with Gasteiger partial charge in [-0.3, -0.25) is 28.9 Å². The standard InChI is InChI=1S/C51H59F4N9O8S2/c1-30-41(74-29-60-30)32-15-13-31(14-16-32)26-58-44(67)37-12-10-19-62(37)46(68)42(49(2,3)4)61-38(65)28-71-22-11-21-70-20-8-7-9-23-72-45-35(43(57)66)24-34(27-59-45)64-48(73)63(47(69)50(64,5)6)36-18-17-33(25-56)39(40(36)52)51(53,54)55/h13-18,24,27,29,37,42H,7-12,19-23,26,28H2,1-6H3,(H2,57,66)(H,58,67)(H,61,65)/t37-,42?/m0/s1. The fourth-order valence-corrected chi connectivity index (χ4v) is 9.89. The number of hydrogen-bond donors (Lipinski definition) is 3. The minimum absolute atomic E-state index is 0.0568. The topological polar surface area (TPSA) is 222 Å². The van der Waals surface area contributed by atoms with Crippen molar-refractivity contribution in [3.8, 4) is 22.4 Å². The summed E-state index contributed by atoms with van der Waals surface area (Å²) in [5.74, 6) is -4.79. The predicted molar refractivity (Wildman–Crippen MR) is 271 cm³/mol. The number of alkyl halides is 3. The molecule has 0 saturated carbocycles. The number of pyridine rings is 1. The van der Waals surface area contributed by atoms with Crippen LogP contribution in [0.1, 0.15) is 106 Å². The second-order valence-corrected chi connectivity index (χ2v) is 20.5. The molecule has 2 aliphatic heterocycles. The number of benzene rings is 2. The van der Waals surface area contributed by atoms with E-state index in [9.17, 15) is 42.4 Å². The van der Waals surface area contributed by atoms with Crippen LogP contribution >= 0.6 is 23.6 Å². The largest absolute Gasteiger partial charge is 0.477 e. The first kappa shape index (κ1) is 56.7. The number of nitrogens with one attached hydrogen (secondary N) is 2. The minimum atomic E-state index is -5.25. The summed E-state index contributed by atoms with van der Waals surface area (Å²) in [5, 5.41) is 14.6. The van der Waals surface area contributed by atoms with Crippen LogP contribution in [0.2, 0.25) is 0 Å². The molecule has 6 rings (SSSR count). The van der Waals surface area contributed by atoms with Gasteiger partial charge in [-0.2, -0.15) is 18.4 Å². The summed E-state index contributed by atoms with van der Waals surface area (Å²) in [6.07, 6.45) is -0.440. The number of carbonyl (C=O) groups excluding carboxylic acids is 5. The molecule has 17 nitrogen and oxygen atoms in total. The summed E-state index contributed by atoms with van der Waals surface area (Å²) >= 11 is 7.06. The number of unbranched alkanes of at least 4 members (excludes halogenated alkanes) is 2. The van der Waals surface area contributed by atoms with Gasteiger partial charge >= 0.3 is 6.18 Å². The Hall–Kier alpha value is -6.61. The Morgan fingerprint density at radius 2 is 1.69 bits per heavy atom. The first-order valence-corrected chi connectivity index (χ1v) is 25.2. The van der Waals surface area contributed by atoms with Gasteiger partial charge in [0.1, 0.15) is 35.4 Å². The quantitative estimate of drug-likeness (QED) is 0.0398. The molecule has 4 aromatic rings. The van der Waals surface area contributed by atoms with Crippen molar-refractivity contribution in [1.29, 1.82) is 5.26 Å². The summed E-state index contributed by atoms with van der Waals surface area (Å²) in [4.78, 5) is 79.5. The molecule has 2 aromatic heterocycles. The van der Waals surface area contributed by atoms with Gasteiger partial charge < -0.3 is 40.4 Å². The lowest BCUT2D eigenvalue weighted by Gasteiger charge is -2.35. The number of hydrogen-bond acceptors (Lipinski definition) is 13. The highest BCUT2D eigenvalue weighted by molar-refractivity contribution is 7.81. The van der Waals surface area contributed by atoms with E-state index < -0.39 is 74.7 Å². The number of amides is 5. The van der Waals surface area contributed by atoms with Gasteiger partial charge in [0.25, 0.3) is 11.8 Å². The number of likely N-dealkylation sites (tertiary alicyclic amines) is 1. The van der Waals surface area contributed by atoms with Crippen LogP contribution < -0.4 is 30.9 Å². The van der Waals surface area contributed by atoms with Crippen LogP contribution in [-0.4, -0.2) is 107 Å². The van der Waals surface area contributed by atoms with E-state index in [1.54, 1.807) is 16.2 Å². The van der Waals surface area contributed by atoms with E-state index in [1.807, 2.05) is 57.5 Å². The molecular formula is C51H59F4N9O8S2. The van der Waals surface area contributed by atoms with E-state index in [4.69, 9.17) is 32.2 Å². The summed E-state index contributed by atoms with van der Waals surface area (Å²) in [5.41, 5.74) is 4.43.